The number of nitriles is 1. The van der Waals surface area contributed by atoms with Crippen molar-refractivity contribution < 1.29 is 0 Å². The van der Waals surface area contributed by atoms with Gasteiger partial charge in [-0.25, -0.2) is 4.68 Å². The summed E-state index contributed by atoms with van der Waals surface area (Å²) in [5, 5.41) is 14.0. The molecule has 2 N–H and O–H groups in total. The highest BCUT2D eigenvalue weighted by atomic mass is 35.5. The van der Waals surface area contributed by atoms with Crippen LogP contribution in [0, 0.1) is 11.3 Å². The number of nitrogens with two attached hydrogens (primary N) is 1. The van der Waals surface area contributed by atoms with Crippen LogP contribution in [0.1, 0.15) is 5.56 Å². The molecule has 0 spiro atoms. The van der Waals surface area contributed by atoms with E-state index in [4.69, 9.17) is 17.3 Å². The molecule has 0 unspecified atom stereocenters. The third-order valence-corrected chi connectivity index (χ3v) is 3.49. The van der Waals surface area contributed by atoms with E-state index in [-0.39, 0.29) is 0 Å². The normalized spacial score (nSPS) is 10.3. The van der Waals surface area contributed by atoms with Gasteiger partial charge in [-0.3, -0.25) is 0 Å². The Morgan fingerprint density at radius 3 is 2.57 bits per heavy atom. The number of halogens is 1. The van der Waals surface area contributed by atoms with Crippen LogP contribution in [0.5, 0.6) is 0 Å². The lowest BCUT2D eigenvalue weighted by molar-refractivity contribution is 0.877. The van der Waals surface area contributed by atoms with Crippen molar-refractivity contribution in [2.75, 3.05) is 5.73 Å². The summed E-state index contributed by atoms with van der Waals surface area (Å²) >= 11 is 6.04. The van der Waals surface area contributed by atoms with E-state index < -0.39 is 0 Å². The van der Waals surface area contributed by atoms with Crippen molar-refractivity contribution in [2.24, 2.45) is 0 Å². The van der Waals surface area contributed by atoms with Gasteiger partial charge in [-0.05, 0) is 29.8 Å². The van der Waals surface area contributed by atoms with E-state index in [0.29, 0.717) is 22.0 Å². The van der Waals surface area contributed by atoms with Crippen LogP contribution in [-0.4, -0.2) is 9.78 Å². The summed E-state index contributed by atoms with van der Waals surface area (Å²) in [6.45, 7) is 0. The van der Waals surface area contributed by atoms with Crippen molar-refractivity contribution in [1.29, 1.82) is 5.26 Å². The number of rotatable bonds is 2. The highest BCUT2D eigenvalue weighted by Crippen LogP contribution is 2.25. The molecule has 0 atom stereocenters. The van der Waals surface area contributed by atoms with Crippen molar-refractivity contribution in [3.63, 3.8) is 0 Å². The van der Waals surface area contributed by atoms with Gasteiger partial charge in [0.05, 0.1) is 22.5 Å². The molecule has 102 valence electrons. The summed E-state index contributed by atoms with van der Waals surface area (Å²) in [5.74, 6) is 0. The summed E-state index contributed by atoms with van der Waals surface area (Å²) < 4.78 is 1.65. The molecular formula is C16H11ClN4. The maximum atomic E-state index is 9.23. The molecule has 1 aromatic heterocycles. The molecule has 0 radical (unpaired) electrons. The first-order valence-electron chi connectivity index (χ1n) is 6.28. The fourth-order valence-electron chi connectivity index (χ4n) is 2.09. The standard InChI is InChI=1S/C16H11ClN4/c17-15-2-1-3-16(14(15)8-18)21-10-12(9-20-21)11-4-6-13(19)7-5-11/h1-7,9-10H,19H2. The Hall–Kier alpha value is -2.77. The minimum atomic E-state index is 0.408. The molecule has 0 fully saturated rings. The SMILES string of the molecule is N#Cc1c(Cl)cccc1-n1cc(-c2ccc(N)cc2)cn1. The third-order valence-electron chi connectivity index (χ3n) is 3.18. The lowest BCUT2D eigenvalue weighted by atomic mass is 10.1. The van der Waals surface area contributed by atoms with Gasteiger partial charge in [0.15, 0.2) is 0 Å². The van der Waals surface area contributed by atoms with E-state index >= 15 is 0 Å². The third kappa shape index (κ3) is 2.47. The first-order valence-corrected chi connectivity index (χ1v) is 6.66. The maximum absolute atomic E-state index is 9.23. The Morgan fingerprint density at radius 2 is 1.86 bits per heavy atom. The second-order valence-electron chi connectivity index (χ2n) is 4.54. The monoisotopic (exact) mass is 294 g/mol. The molecule has 1 heterocycles. The molecule has 0 saturated heterocycles. The van der Waals surface area contributed by atoms with Crippen LogP contribution in [0.15, 0.2) is 54.9 Å². The molecule has 2 aromatic carbocycles. The van der Waals surface area contributed by atoms with Gasteiger partial charge in [-0.15, -0.1) is 0 Å². The number of benzene rings is 2. The van der Waals surface area contributed by atoms with E-state index in [2.05, 4.69) is 11.2 Å². The smallest absolute Gasteiger partial charge is 0.103 e. The zero-order valence-electron chi connectivity index (χ0n) is 11.0. The quantitative estimate of drug-likeness (QED) is 0.734. The summed E-state index contributed by atoms with van der Waals surface area (Å²) in [6.07, 6.45) is 3.60. The second-order valence-corrected chi connectivity index (χ2v) is 4.95. The summed E-state index contributed by atoms with van der Waals surface area (Å²) in [6, 6.07) is 14.9. The number of hydrogen-bond acceptors (Lipinski definition) is 3. The molecule has 0 saturated carbocycles. The molecule has 21 heavy (non-hydrogen) atoms. The van der Waals surface area contributed by atoms with E-state index in [1.807, 2.05) is 36.5 Å². The van der Waals surface area contributed by atoms with Crippen LogP contribution in [-0.2, 0) is 0 Å². The van der Waals surface area contributed by atoms with Gasteiger partial charge >= 0.3 is 0 Å². The van der Waals surface area contributed by atoms with Gasteiger partial charge < -0.3 is 5.73 Å². The summed E-state index contributed by atoms with van der Waals surface area (Å²) in [7, 11) is 0. The Bertz CT molecular complexity index is 828. The lowest BCUT2D eigenvalue weighted by Gasteiger charge is -2.04. The molecule has 0 aliphatic heterocycles. The number of nitrogen functional groups attached to an aromatic ring is 1. The topological polar surface area (TPSA) is 67.6 Å². The highest BCUT2D eigenvalue weighted by molar-refractivity contribution is 6.32. The number of aromatic nitrogens is 2. The van der Waals surface area contributed by atoms with Crippen molar-refractivity contribution in [2.45, 2.75) is 0 Å². The fraction of sp³-hybridized carbons (Fsp3) is 0. The predicted octanol–water partition coefficient (Wildman–Crippen LogP) is 3.65. The molecule has 5 heteroatoms. The van der Waals surface area contributed by atoms with Crippen LogP contribution in [0.2, 0.25) is 5.02 Å². The van der Waals surface area contributed by atoms with Gasteiger partial charge in [0.1, 0.15) is 6.07 Å². The number of hydrogen-bond donors (Lipinski definition) is 1. The molecule has 0 amide bonds. The van der Waals surface area contributed by atoms with Gasteiger partial charge in [0.25, 0.3) is 0 Å². The second kappa shape index (κ2) is 5.31. The molecule has 3 aromatic rings. The van der Waals surface area contributed by atoms with Gasteiger partial charge in [0, 0.05) is 17.4 Å². The van der Waals surface area contributed by atoms with Crippen LogP contribution in [0.3, 0.4) is 0 Å². The van der Waals surface area contributed by atoms with Crippen LogP contribution >= 0.6 is 11.6 Å². The molecule has 4 nitrogen and oxygen atoms in total. The Kier molecular flexibility index (Phi) is 3.35. The predicted molar refractivity (Wildman–Crippen MR) is 83.1 cm³/mol. The highest BCUT2D eigenvalue weighted by Gasteiger charge is 2.10. The molecule has 3 rings (SSSR count). The molecular weight excluding hydrogens is 284 g/mol. The van der Waals surface area contributed by atoms with Crippen molar-refractivity contribution in [3.8, 4) is 22.9 Å². The van der Waals surface area contributed by atoms with Gasteiger partial charge in [-0.1, -0.05) is 29.8 Å². The first kappa shape index (κ1) is 13.2. The average Bonchev–Trinajstić information content (AvgIpc) is 2.97. The van der Waals surface area contributed by atoms with E-state index in [1.54, 1.807) is 23.0 Å². The number of anilines is 1. The Morgan fingerprint density at radius 1 is 1.10 bits per heavy atom. The van der Waals surface area contributed by atoms with E-state index in [9.17, 15) is 5.26 Å². The lowest BCUT2D eigenvalue weighted by Crippen LogP contribution is -1.98. The van der Waals surface area contributed by atoms with Gasteiger partial charge in [-0.2, -0.15) is 10.4 Å². The van der Waals surface area contributed by atoms with Crippen molar-refractivity contribution in [1.82, 2.24) is 9.78 Å². The minimum Gasteiger partial charge on any atom is -0.399 e. The van der Waals surface area contributed by atoms with E-state index in [0.717, 1.165) is 11.1 Å². The molecule has 0 bridgehead atoms. The zero-order chi connectivity index (χ0) is 14.8. The zero-order valence-corrected chi connectivity index (χ0v) is 11.7. The summed E-state index contributed by atoms with van der Waals surface area (Å²) in [5.41, 5.74) is 9.42. The van der Waals surface area contributed by atoms with Crippen LogP contribution < -0.4 is 5.73 Å². The summed E-state index contributed by atoms with van der Waals surface area (Å²) in [4.78, 5) is 0. The average molecular weight is 295 g/mol. The Labute approximate surface area is 127 Å². The van der Waals surface area contributed by atoms with Gasteiger partial charge in [0.2, 0.25) is 0 Å². The van der Waals surface area contributed by atoms with Crippen LogP contribution in [0.25, 0.3) is 16.8 Å². The molecule has 0 aliphatic rings. The van der Waals surface area contributed by atoms with E-state index in [1.165, 1.54) is 0 Å². The first-order chi connectivity index (χ1) is 10.2. The fourth-order valence-corrected chi connectivity index (χ4v) is 2.31. The van der Waals surface area contributed by atoms with Crippen LogP contribution in [0.4, 0.5) is 5.69 Å². The number of nitrogens with zero attached hydrogens (tertiary/aromatic N) is 3. The molecule has 0 aliphatic carbocycles. The van der Waals surface area contributed by atoms with Crippen molar-refractivity contribution in [3.05, 3.63) is 65.4 Å². The Balaban J connectivity index is 2.05. The minimum absolute atomic E-state index is 0.408. The van der Waals surface area contributed by atoms with Crippen molar-refractivity contribution >= 4 is 17.3 Å². The maximum Gasteiger partial charge on any atom is 0.103 e. The largest absolute Gasteiger partial charge is 0.399 e.